The van der Waals surface area contributed by atoms with E-state index in [4.69, 9.17) is 4.74 Å². The third-order valence-electron chi connectivity index (χ3n) is 4.18. The topological polar surface area (TPSA) is 75.7 Å². The highest BCUT2D eigenvalue weighted by Crippen LogP contribution is 2.16. The lowest BCUT2D eigenvalue weighted by molar-refractivity contribution is -0.145. The third-order valence-corrected chi connectivity index (χ3v) is 4.57. The van der Waals surface area contributed by atoms with Gasteiger partial charge in [-0.05, 0) is 31.9 Å². The van der Waals surface area contributed by atoms with Crippen LogP contribution < -0.4 is 5.32 Å². The molecule has 1 aliphatic rings. The fourth-order valence-corrected chi connectivity index (χ4v) is 3.06. The zero-order chi connectivity index (χ0) is 18.2. The van der Waals surface area contributed by atoms with Crippen LogP contribution in [0.1, 0.15) is 43.0 Å². The van der Waals surface area contributed by atoms with Crippen LogP contribution in [0.4, 0.5) is 0 Å². The standard InChI is InChI=1S/C18H24N2O4S/c1-2-24-17(22)8-7-16(21)20-11-9-13(10-12-20)19-18(23)14-5-3-4-6-15(14)25/h3-6,13,25H,2,7-12H2,1H3,(H,19,23). The largest absolute Gasteiger partial charge is 0.466 e. The van der Waals surface area contributed by atoms with Gasteiger partial charge in [0, 0.05) is 30.4 Å². The summed E-state index contributed by atoms with van der Waals surface area (Å²) >= 11 is 4.30. The maximum atomic E-state index is 12.3. The van der Waals surface area contributed by atoms with E-state index >= 15 is 0 Å². The molecule has 0 bridgehead atoms. The van der Waals surface area contributed by atoms with Gasteiger partial charge in [-0.15, -0.1) is 12.6 Å². The third kappa shape index (κ3) is 5.77. The molecule has 0 atom stereocenters. The second kappa shape index (κ2) is 9.46. The van der Waals surface area contributed by atoms with Crippen LogP contribution in [-0.4, -0.2) is 48.4 Å². The van der Waals surface area contributed by atoms with Gasteiger partial charge in [-0.3, -0.25) is 14.4 Å². The van der Waals surface area contributed by atoms with Crippen molar-refractivity contribution in [1.29, 1.82) is 0 Å². The van der Waals surface area contributed by atoms with Crippen LogP contribution in [0.2, 0.25) is 0 Å². The molecule has 1 fully saturated rings. The first-order valence-corrected chi connectivity index (χ1v) is 8.98. The lowest BCUT2D eigenvalue weighted by Gasteiger charge is -2.32. The average molecular weight is 364 g/mol. The summed E-state index contributed by atoms with van der Waals surface area (Å²) in [5.41, 5.74) is 0.554. The number of benzene rings is 1. The van der Waals surface area contributed by atoms with Crippen LogP contribution in [0.15, 0.2) is 29.2 Å². The van der Waals surface area contributed by atoms with E-state index in [0.717, 1.165) is 0 Å². The van der Waals surface area contributed by atoms with E-state index in [0.29, 0.717) is 43.0 Å². The monoisotopic (exact) mass is 364 g/mol. The molecule has 1 saturated heterocycles. The number of carbonyl (C=O) groups is 3. The Labute approximate surface area is 153 Å². The highest BCUT2D eigenvalue weighted by Gasteiger charge is 2.24. The van der Waals surface area contributed by atoms with E-state index in [-0.39, 0.29) is 36.7 Å². The van der Waals surface area contributed by atoms with Crippen molar-refractivity contribution in [3.8, 4) is 0 Å². The molecule has 1 aliphatic heterocycles. The van der Waals surface area contributed by atoms with Gasteiger partial charge >= 0.3 is 5.97 Å². The van der Waals surface area contributed by atoms with Crippen LogP contribution in [0.3, 0.4) is 0 Å². The number of esters is 1. The first-order valence-electron chi connectivity index (χ1n) is 8.53. The van der Waals surface area contributed by atoms with Gasteiger partial charge in [0.25, 0.3) is 5.91 Å². The molecule has 0 aromatic heterocycles. The number of carbonyl (C=O) groups excluding carboxylic acids is 3. The molecular formula is C18H24N2O4S. The summed E-state index contributed by atoms with van der Waals surface area (Å²) in [6, 6.07) is 7.20. The molecule has 1 N–H and O–H groups in total. The highest BCUT2D eigenvalue weighted by atomic mass is 32.1. The fourth-order valence-electron chi connectivity index (χ4n) is 2.80. The van der Waals surface area contributed by atoms with Crippen LogP contribution in [0, 0.1) is 0 Å². The lowest BCUT2D eigenvalue weighted by atomic mass is 10.0. The van der Waals surface area contributed by atoms with Gasteiger partial charge in [-0.25, -0.2) is 0 Å². The summed E-state index contributed by atoms with van der Waals surface area (Å²) in [5, 5.41) is 3.00. The van der Waals surface area contributed by atoms with E-state index in [1.54, 1.807) is 30.0 Å². The Morgan fingerprint density at radius 3 is 2.52 bits per heavy atom. The maximum absolute atomic E-state index is 12.3. The van der Waals surface area contributed by atoms with Gasteiger partial charge in [0.15, 0.2) is 0 Å². The second-order valence-electron chi connectivity index (χ2n) is 5.95. The minimum Gasteiger partial charge on any atom is -0.466 e. The molecule has 1 aromatic rings. The Bertz CT molecular complexity index is 627. The zero-order valence-electron chi connectivity index (χ0n) is 14.4. The first kappa shape index (κ1) is 19.3. The molecule has 2 rings (SSSR count). The van der Waals surface area contributed by atoms with Gasteiger partial charge in [0.1, 0.15) is 0 Å². The Balaban J connectivity index is 1.76. The first-order chi connectivity index (χ1) is 12.0. The summed E-state index contributed by atoms with van der Waals surface area (Å²) in [4.78, 5) is 38.1. The van der Waals surface area contributed by atoms with Gasteiger partial charge in [-0.2, -0.15) is 0 Å². The van der Waals surface area contributed by atoms with Crippen LogP contribution in [0.25, 0.3) is 0 Å². The summed E-state index contributed by atoms with van der Waals surface area (Å²) in [5.74, 6) is -0.528. The van der Waals surface area contributed by atoms with Crippen molar-refractivity contribution in [2.45, 2.75) is 43.5 Å². The number of rotatable bonds is 6. The molecule has 6 nitrogen and oxygen atoms in total. The number of hydrogen-bond acceptors (Lipinski definition) is 5. The molecule has 0 unspecified atom stereocenters. The molecule has 0 aliphatic carbocycles. The lowest BCUT2D eigenvalue weighted by Crippen LogP contribution is -2.46. The molecule has 0 saturated carbocycles. The number of thiol groups is 1. The minimum absolute atomic E-state index is 0.0366. The fraction of sp³-hybridized carbons (Fsp3) is 0.500. The molecule has 1 aromatic carbocycles. The Morgan fingerprint density at radius 1 is 1.20 bits per heavy atom. The van der Waals surface area contributed by atoms with Crippen molar-refractivity contribution >= 4 is 30.4 Å². The molecule has 2 amide bonds. The number of nitrogens with one attached hydrogen (secondary N) is 1. The molecule has 1 heterocycles. The van der Waals surface area contributed by atoms with Crippen molar-refractivity contribution in [2.24, 2.45) is 0 Å². The Morgan fingerprint density at radius 2 is 1.88 bits per heavy atom. The zero-order valence-corrected chi connectivity index (χ0v) is 15.3. The normalized spacial score (nSPS) is 14.9. The highest BCUT2D eigenvalue weighted by molar-refractivity contribution is 7.80. The Hall–Kier alpha value is -2.02. The number of ether oxygens (including phenoxy) is 1. The van der Waals surface area contributed by atoms with E-state index in [2.05, 4.69) is 17.9 Å². The minimum atomic E-state index is -0.344. The van der Waals surface area contributed by atoms with Gasteiger partial charge in [0.2, 0.25) is 5.91 Å². The van der Waals surface area contributed by atoms with Crippen LogP contribution in [-0.2, 0) is 14.3 Å². The van der Waals surface area contributed by atoms with E-state index in [1.165, 1.54) is 0 Å². The number of hydrogen-bond donors (Lipinski definition) is 2. The van der Waals surface area contributed by atoms with Crippen molar-refractivity contribution in [3.63, 3.8) is 0 Å². The van der Waals surface area contributed by atoms with Gasteiger partial charge in [0.05, 0.1) is 18.6 Å². The number of nitrogens with zero attached hydrogens (tertiary/aromatic N) is 1. The van der Waals surface area contributed by atoms with Gasteiger partial charge < -0.3 is 15.0 Å². The molecule has 136 valence electrons. The SMILES string of the molecule is CCOC(=O)CCC(=O)N1CCC(NC(=O)c2ccccc2S)CC1. The summed E-state index contributed by atoms with van der Waals surface area (Å²) in [6.07, 6.45) is 1.68. The van der Waals surface area contributed by atoms with Crippen molar-refractivity contribution in [3.05, 3.63) is 29.8 Å². The molecule has 7 heteroatoms. The average Bonchev–Trinajstić information content (AvgIpc) is 2.61. The van der Waals surface area contributed by atoms with E-state index in [1.807, 2.05) is 6.07 Å². The molecule has 25 heavy (non-hydrogen) atoms. The molecular weight excluding hydrogens is 340 g/mol. The molecule has 0 radical (unpaired) electrons. The molecule has 0 spiro atoms. The number of amides is 2. The Kier molecular flexibility index (Phi) is 7.31. The summed E-state index contributed by atoms with van der Waals surface area (Å²) < 4.78 is 4.83. The van der Waals surface area contributed by atoms with E-state index in [9.17, 15) is 14.4 Å². The second-order valence-corrected chi connectivity index (χ2v) is 6.43. The van der Waals surface area contributed by atoms with Crippen molar-refractivity contribution in [1.82, 2.24) is 10.2 Å². The quantitative estimate of drug-likeness (QED) is 0.598. The summed E-state index contributed by atoms with van der Waals surface area (Å²) in [7, 11) is 0. The van der Waals surface area contributed by atoms with Crippen LogP contribution in [0.5, 0.6) is 0 Å². The number of likely N-dealkylation sites (tertiary alicyclic amines) is 1. The predicted octanol–water partition coefficient (Wildman–Crippen LogP) is 2.04. The summed E-state index contributed by atoms with van der Waals surface area (Å²) in [6.45, 7) is 3.22. The van der Waals surface area contributed by atoms with Crippen molar-refractivity contribution in [2.75, 3.05) is 19.7 Å². The van der Waals surface area contributed by atoms with Gasteiger partial charge in [-0.1, -0.05) is 12.1 Å². The predicted molar refractivity (Wildman–Crippen MR) is 96.6 cm³/mol. The van der Waals surface area contributed by atoms with E-state index < -0.39 is 0 Å². The van der Waals surface area contributed by atoms with Crippen molar-refractivity contribution < 1.29 is 19.1 Å². The van der Waals surface area contributed by atoms with Crippen LogP contribution >= 0.6 is 12.6 Å². The maximum Gasteiger partial charge on any atom is 0.306 e. The smallest absolute Gasteiger partial charge is 0.306 e. The number of piperidine rings is 1.